The monoisotopic (exact) mass is 347 g/mol. The zero-order valence-electron chi connectivity index (χ0n) is 12.8. The van der Waals surface area contributed by atoms with Crippen LogP contribution in [0.2, 0.25) is 0 Å². The maximum Gasteiger partial charge on any atom is 0.119 e. The Bertz CT molecular complexity index is 573. The van der Waals surface area contributed by atoms with Gasteiger partial charge in [-0.3, -0.25) is 0 Å². The van der Waals surface area contributed by atoms with Crippen molar-refractivity contribution in [2.45, 2.75) is 26.2 Å². The van der Waals surface area contributed by atoms with Crippen LogP contribution in [0.1, 0.15) is 26.3 Å². The molecule has 0 atom stereocenters. The molecule has 2 aromatic carbocycles. The molecule has 0 aliphatic heterocycles. The van der Waals surface area contributed by atoms with E-state index < -0.39 is 0 Å². The van der Waals surface area contributed by atoms with E-state index in [9.17, 15) is 0 Å². The second-order valence-corrected chi connectivity index (χ2v) is 6.88. The van der Waals surface area contributed by atoms with Crippen molar-refractivity contribution in [3.63, 3.8) is 0 Å². The molecule has 2 rings (SSSR count). The summed E-state index contributed by atoms with van der Waals surface area (Å²) in [6, 6.07) is 16.4. The summed E-state index contributed by atoms with van der Waals surface area (Å²) in [5.74, 6) is 0.914. The van der Waals surface area contributed by atoms with E-state index in [0.717, 1.165) is 22.5 Å². The van der Waals surface area contributed by atoms with Crippen molar-refractivity contribution >= 4 is 21.6 Å². The third kappa shape index (κ3) is 4.78. The van der Waals surface area contributed by atoms with Crippen molar-refractivity contribution in [2.24, 2.45) is 0 Å². The lowest BCUT2D eigenvalue weighted by molar-refractivity contribution is 0.332. The topological polar surface area (TPSA) is 21.3 Å². The van der Waals surface area contributed by atoms with E-state index in [-0.39, 0.29) is 5.41 Å². The summed E-state index contributed by atoms with van der Waals surface area (Å²) in [6.45, 7) is 8.04. The molecule has 2 nitrogen and oxygen atoms in total. The van der Waals surface area contributed by atoms with Gasteiger partial charge in [0.15, 0.2) is 0 Å². The van der Waals surface area contributed by atoms with Crippen molar-refractivity contribution < 1.29 is 4.74 Å². The Balaban J connectivity index is 1.80. The molecule has 2 aromatic rings. The number of hydrogen-bond acceptors (Lipinski definition) is 2. The molecular weight excluding hydrogens is 326 g/mol. The average molecular weight is 348 g/mol. The van der Waals surface area contributed by atoms with Gasteiger partial charge < -0.3 is 10.1 Å². The van der Waals surface area contributed by atoms with Crippen LogP contribution in [-0.4, -0.2) is 13.2 Å². The summed E-state index contributed by atoms with van der Waals surface area (Å²) >= 11 is 3.52. The van der Waals surface area contributed by atoms with E-state index in [0.29, 0.717) is 6.61 Å². The first kappa shape index (κ1) is 15.9. The number of anilines is 1. The fourth-order valence-electron chi connectivity index (χ4n) is 2.01. The number of hydrogen-bond donors (Lipinski definition) is 1. The van der Waals surface area contributed by atoms with Crippen LogP contribution in [0.5, 0.6) is 5.75 Å². The normalized spacial score (nSPS) is 11.2. The highest BCUT2D eigenvalue weighted by Gasteiger charge is 2.12. The molecule has 0 spiro atoms. The van der Waals surface area contributed by atoms with Crippen molar-refractivity contribution in [2.75, 3.05) is 18.5 Å². The minimum Gasteiger partial charge on any atom is -0.492 e. The van der Waals surface area contributed by atoms with Crippen LogP contribution in [0.25, 0.3) is 0 Å². The van der Waals surface area contributed by atoms with Gasteiger partial charge in [-0.2, -0.15) is 0 Å². The van der Waals surface area contributed by atoms with Crippen LogP contribution in [0, 0.1) is 0 Å². The molecule has 0 radical (unpaired) electrons. The van der Waals surface area contributed by atoms with E-state index >= 15 is 0 Å². The van der Waals surface area contributed by atoms with Gasteiger partial charge in [-0.15, -0.1) is 0 Å². The molecule has 21 heavy (non-hydrogen) atoms. The van der Waals surface area contributed by atoms with E-state index in [1.807, 2.05) is 36.4 Å². The van der Waals surface area contributed by atoms with Crippen LogP contribution in [0.15, 0.2) is 53.0 Å². The summed E-state index contributed by atoms with van der Waals surface area (Å²) in [7, 11) is 0. The zero-order valence-corrected chi connectivity index (χ0v) is 14.4. The highest BCUT2D eigenvalue weighted by atomic mass is 79.9. The lowest BCUT2D eigenvalue weighted by atomic mass is 9.87. The second kappa shape index (κ2) is 6.99. The predicted molar refractivity (Wildman–Crippen MR) is 93.3 cm³/mol. The lowest BCUT2D eigenvalue weighted by Crippen LogP contribution is -2.12. The molecule has 0 amide bonds. The third-order valence-electron chi connectivity index (χ3n) is 3.28. The number of halogens is 1. The number of benzene rings is 2. The minimum absolute atomic E-state index is 0.180. The molecular formula is C18H22BrNO. The number of ether oxygens (including phenoxy) is 1. The van der Waals surface area contributed by atoms with E-state index in [1.54, 1.807) is 0 Å². The molecule has 0 bridgehead atoms. The van der Waals surface area contributed by atoms with Gasteiger partial charge in [0.2, 0.25) is 0 Å². The van der Waals surface area contributed by atoms with Gasteiger partial charge in [-0.25, -0.2) is 0 Å². The maximum atomic E-state index is 5.76. The van der Waals surface area contributed by atoms with Gasteiger partial charge in [0, 0.05) is 16.7 Å². The number of para-hydroxylation sites is 1. The Kier molecular flexibility index (Phi) is 5.29. The molecule has 0 fully saturated rings. The zero-order chi connectivity index (χ0) is 15.3. The summed E-state index contributed by atoms with van der Waals surface area (Å²) in [6.07, 6.45) is 0. The van der Waals surface area contributed by atoms with E-state index in [2.05, 4.69) is 54.2 Å². The van der Waals surface area contributed by atoms with Gasteiger partial charge in [-0.1, -0.05) is 45.0 Å². The Morgan fingerprint density at radius 1 is 1.00 bits per heavy atom. The van der Waals surface area contributed by atoms with Gasteiger partial charge in [-0.05, 0) is 51.2 Å². The highest BCUT2D eigenvalue weighted by Crippen LogP contribution is 2.24. The van der Waals surface area contributed by atoms with Crippen molar-refractivity contribution in [1.29, 1.82) is 0 Å². The third-order valence-corrected chi connectivity index (χ3v) is 3.97. The largest absolute Gasteiger partial charge is 0.492 e. The molecule has 112 valence electrons. The second-order valence-electron chi connectivity index (χ2n) is 6.03. The Morgan fingerprint density at radius 3 is 2.29 bits per heavy atom. The average Bonchev–Trinajstić information content (AvgIpc) is 2.45. The Labute approximate surface area is 135 Å². The van der Waals surface area contributed by atoms with Crippen LogP contribution >= 0.6 is 15.9 Å². The van der Waals surface area contributed by atoms with Crippen LogP contribution in [0.4, 0.5) is 5.69 Å². The Hall–Kier alpha value is -1.48. The number of nitrogens with one attached hydrogen (secondary N) is 1. The lowest BCUT2D eigenvalue weighted by Gasteiger charge is -2.19. The van der Waals surface area contributed by atoms with E-state index in [4.69, 9.17) is 4.74 Å². The minimum atomic E-state index is 0.180. The maximum absolute atomic E-state index is 5.76. The summed E-state index contributed by atoms with van der Waals surface area (Å²) < 4.78 is 6.83. The van der Waals surface area contributed by atoms with Crippen molar-refractivity contribution in [3.8, 4) is 5.75 Å². The summed E-state index contributed by atoms with van der Waals surface area (Å²) in [4.78, 5) is 0. The molecule has 0 aromatic heterocycles. The summed E-state index contributed by atoms with van der Waals surface area (Å²) in [5.41, 5.74) is 2.59. The van der Waals surface area contributed by atoms with Crippen molar-refractivity contribution in [3.05, 3.63) is 58.6 Å². The fraction of sp³-hybridized carbons (Fsp3) is 0.333. The highest BCUT2D eigenvalue weighted by molar-refractivity contribution is 9.10. The fourth-order valence-corrected chi connectivity index (χ4v) is 2.44. The van der Waals surface area contributed by atoms with Gasteiger partial charge in [0.25, 0.3) is 0 Å². The standard InChI is InChI=1S/C18H22BrNO/c1-18(2,3)14-8-10-15(11-9-14)21-13-12-20-17-7-5-4-6-16(17)19/h4-11,20H,12-13H2,1-3H3. The predicted octanol–water partition coefficient (Wildman–Crippen LogP) is 5.24. The van der Waals surface area contributed by atoms with Crippen LogP contribution in [0.3, 0.4) is 0 Å². The molecule has 0 saturated heterocycles. The van der Waals surface area contributed by atoms with Crippen LogP contribution < -0.4 is 10.1 Å². The SMILES string of the molecule is CC(C)(C)c1ccc(OCCNc2ccccc2Br)cc1. The summed E-state index contributed by atoms with van der Waals surface area (Å²) in [5, 5.41) is 3.35. The van der Waals surface area contributed by atoms with Gasteiger partial charge in [0.05, 0.1) is 0 Å². The smallest absolute Gasteiger partial charge is 0.119 e. The molecule has 0 saturated carbocycles. The first-order valence-electron chi connectivity index (χ1n) is 7.18. The molecule has 0 heterocycles. The first-order chi connectivity index (χ1) is 9.97. The van der Waals surface area contributed by atoms with Crippen LogP contribution in [-0.2, 0) is 5.41 Å². The molecule has 3 heteroatoms. The molecule has 0 unspecified atom stereocenters. The quantitative estimate of drug-likeness (QED) is 0.747. The van der Waals surface area contributed by atoms with Gasteiger partial charge >= 0.3 is 0 Å². The van der Waals surface area contributed by atoms with Crippen molar-refractivity contribution in [1.82, 2.24) is 0 Å². The molecule has 1 N–H and O–H groups in total. The van der Waals surface area contributed by atoms with E-state index in [1.165, 1.54) is 5.56 Å². The number of rotatable bonds is 5. The molecule has 0 aliphatic carbocycles. The Morgan fingerprint density at radius 2 is 1.67 bits per heavy atom. The van der Waals surface area contributed by atoms with Gasteiger partial charge in [0.1, 0.15) is 12.4 Å². The first-order valence-corrected chi connectivity index (χ1v) is 7.98. The molecule has 0 aliphatic rings.